The van der Waals surface area contributed by atoms with Crippen LogP contribution < -0.4 is 4.74 Å². The second-order valence-corrected chi connectivity index (χ2v) is 6.43. The van der Waals surface area contributed by atoms with Crippen LogP contribution in [0.15, 0.2) is 36.9 Å². The van der Waals surface area contributed by atoms with Crippen LogP contribution in [0.1, 0.15) is 57.4 Å². The number of aliphatic hydroxyl groups excluding tert-OH is 2. The van der Waals surface area contributed by atoms with Crippen molar-refractivity contribution in [2.75, 3.05) is 19.8 Å². The zero-order chi connectivity index (χ0) is 21.0. The monoisotopic (exact) mass is 396 g/mol. The molecular formula is C22H36O6. The zero-order valence-electron chi connectivity index (χ0n) is 17.0. The Labute approximate surface area is 168 Å². The third kappa shape index (κ3) is 16.3. The van der Waals surface area contributed by atoms with E-state index in [-0.39, 0.29) is 19.8 Å². The summed E-state index contributed by atoms with van der Waals surface area (Å²) in [6.07, 6.45) is 10.2. The van der Waals surface area contributed by atoms with Gasteiger partial charge in [0.2, 0.25) is 6.29 Å². The van der Waals surface area contributed by atoms with Crippen molar-refractivity contribution in [3.05, 3.63) is 42.5 Å². The fourth-order valence-corrected chi connectivity index (χ4v) is 2.46. The summed E-state index contributed by atoms with van der Waals surface area (Å²) in [4.78, 5) is 9.25. The lowest BCUT2D eigenvalue weighted by Crippen LogP contribution is -2.23. The highest BCUT2D eigenvalue weighted by atomic mass is 16.6. The fraction of sp³-hybridized carbons (Fsp3) is 0.591. The van der Waals surface area contributed by atoms with Crippen LogP contribution in [0.4, 0.5) is 0 Å². The topological polar surface area (TPSA) is 96.2 Å². The van der Waals surface area contributed by atoms with Gasteiger partial charge in [0, 0.05) is 6.08 Å². The normalized spacial score (nSPS) is 11.2. The molecule has 0 aromatic heterocycles. The van der Waals surface area contributed by atoms with E-state index in [1.165, 1.54) is 50.5 Å². The lowest BCUT2D eigenvalue weighted by atomic mass is 10.0. The number of carboxylic acid groups (broad SMARTS) is 1. The van der Waals surface area contributed by atoms with Crippen LogP contribution in [0.5, 0.6) is 5.75 Å². The lowest BCUT2D eigenvalue weighted by molar-refractivity contribution is -0.131. The first-order chi connectivity index (χ1) is 13.5. The molecule has 6 heteroatoms. The van der Waals surface area contributed by atoms with E-state index in [1.807, 2.05) is 24.3 Å². The van der Waals surface area contributed by atoms with Gasteiger partial charge in [0.05, 0.1) is 13.2 Å². The number of aliphatic hydroxyl groups is 2. The lowest BCUT2D eigenvalue weighted by Gasteiger charge is -2.13. The predicted molar refractivity (Wildman–Crippen MR) is 111 cm³/mol. The van der Waals surface area contributed by atoms with Crippen molar-refractivity contribution in [3.63, 3.8) is 0 Å². The summed E-state index contributed by atoms with van der Waals surface area (Å²) in [6.45, 7) is 5.41. The summed E-state index contributed by atoms with van der Waals surface area (Å²) in [5.41, 5.74) is 1.30. The summed E-state index contributed by atoms with van der Waals surface area (Å²) in [7, 11) is 0. The Morgan fingerprint density at radius 3 is 2.21 bits per heavy atom. The number of carboxylic acids is 1. The standard InChI is InChI=1S/C19H32O4.C3H4O2/c1-2-3-4-5-6-7-8-9-17-10-12-18(13-11-17)23-19(21)16-22-15-14-20;1-2-3(4)5/h10-13,19-21H,2-9,14-16H2,1H3;2H,1H2,(H,4,5). The minimum absolute atomic E-state index is 0.0555. The van der Waals surface area contributed by atoms with Gasteiger partial charge in [-0.25, -0.2) is 4.79 Å². The molecule has 160 valence electrons. The Morgan fingerprint density at radius 1 is 1.11 bits per heavy atom. The number of hydrogen-bond donors (Lipinski definition) is 3. The van der Waals surface area contributed by atoms with Crippen LogP contribution in [0.2, 0.25) is 0 Å². The second-order valence-electron chi connectivity index (χ2n) is 6.43. The van der Waals surface area contributed by atoms with Gasteiger partial charge >= 0.3 is 5.97 Å². The largest absolute Gasteiger partial charge is 0.478 e. The summed E-state index contributed by atoms with van der Waals surface area (Å²) in [5.74, 6) is -0.349. The van der Waals surface area contributed by atoms with Gasteiger partial charge in [-0.3, -0.25) is 0 Å². The molecule has 1 aromatic rings. The number of aliphatic carboxylic acids is 1. The Balaban J connectivity index is 0.00000129. The zero-order valence-corrected chi connectivity index (χ0v) is 17.0. The van der Waals surface area contributed by atoms with E-state index in [0.29, 0.717) is 5.75 Å². The molecule has 1 rings (SSSR count). The van der Waals surface area contributed by atoms with E-state index in [9.17, 15) is 9.90 Å². The average molecular weight is 397 g/mol. The summed E-state index contributed by atoms with van der Waals surface area (Å²) < 4.78 is 10.4. The van der Waals surface area contributed by atoms with Crippen molar-refractivity contribution >= 4 is 5.97 Å². The molecule has 0 heterocycles. The van der Waals surface area contributed by atoms with Gasteiger partial charge in [-0.05, 0) is 30.5 Å². The molecule has 0 amide bonds. The quantitative estimate of drug-likeness (QED) is 0.236. The van der Waals surface area contributed by atoms with Crippen LogP contribution in [0.25, 0.3) is 0 Å². The maximum Gasteiger partial charge on any atom is 0.327 e. The van der Waals surface area contributed by atoms with Crippen molar-refractivity contribution in [2.24, 2.45) is 0 Å². The van der Waals surface area contributed by atoms with E-state index in [1.54, 1.807) is 0 Å². The van der Waals surface area contributed by atoms with E-state index in [2.05, 4.69) is 13.5 Å². The molecule has 0 aliphatic rings. The van der Waals surface area contributed by atoms with Crippen LogP contribution in [-0.4, -0.2) is 47.4 Å². The Morgan fingerprint density at radius 2 is 1.68 bits per heavy atom. The van der Waals surface area contributed by atoms with Gasteiger partial charge in [-0.15, -0.1) is 0 Å². The molecule has 0 bridgehead atoms. The van der Waals surface area contributed by atoms with Crippen LogP contribution in [-0.2, 0) is 16.0 Å². The molecule has 0 aliphatic carbocycles. The molecule has 0 saturated heterocycles. The molecule has 0 spiro atoms. The molecule has 1 aromatic carbocycles. The molecule has 0 fully saturated rings. The number of unbranched alkanes of at least 4 members (excludes halogenated alkanes) is 6. The molecule has 3 N–H and O–H groups in total. The van der Waals surface area contributed by atoms with Gasteiger partial charge in [-0.1, -0.05) is 64.2 Å². The van der Waals surface area contributed by atoms with Gasteiger partial charge in [0.15, 0.2) is 0 Å². The predicted octanol–water partition coefficient (Wildman–Crippen LogP) is 3.94. The maximum absolute atomic E-state index is 9.63. The van der Waals surface area contributed by atoms with E-state index < -0.39 is 12.3 Å². The number of rotatable bonds is 15. The minimum atomic E-state index is -1.00. The van der Waals surface area contributed by atoms with Gasteiger partial charge < -0.3 is 24.8 Å². The molecule has 1 unspecified atom stereocenters. The molecule has 0 radical (unpaired) electrons. The Hall–Kier alpha value is -1.89. The molecule has 1 atom stereocenters. The highest BCUT2D eigenvalue weighted by Crippen LogP contribution is 2.16. The number of carbonyl (C=O) groups is 1. The molecule has 0 saturated carbocycles. The third-order valence-corrected chi connectivity index (χ3v) is 3.94. The Bertz CT molecular complexity index is 500. The number of ether oxygens (including phenoxy) is 2. The first-order valence-corrected chi connectivity index (χ1v) is 10.0. The van der Waals surface area contributed by atoms with Crippen molar-refractivity contribution < 1.29 is 29.6 Å². The summed E-state index contributed by atoms with van der Waals surface area (Å²) in [5, 5.41) is 25.8. The fourth-order valence-electron chi connectivity index (χ4n) is 2.46. The van der Waals surface area contributed by atoms with Crippen LogP contribution >= 0.6 is 0 Å². The summed E-state index contributed by atoms with van der Waals surface area (Å²) >= 11 is 0. The molecular weight excluding hydrogens is 360 g/mol. The van der Waals surface area contributed by atoms with E-state index in [4.69, 9.17) is 19.7 Å². The third-order valence-electron chi connectivity index (χ3n) is 3.94. The van der Waals surface area contributed by atoms with E-state index >= 15 is 0 Å². The minimum Gasteiger partial charge on any atom is -0.478 e. The summed E-state index contributed by atoms with van der Waals surface area (Å²) in [6, 6.07) is 7.86. The van der Waals surface area contributed by atoms with Crippen molar-refractivity contribution in [1.82, 2.24) is 0 Å². The first-order valence-electron chi connectivity index (χ1n) is 10.0. The van der Waals surface area contributed by atoms with Crippen LogP contribution in [0, 0.1) is 0 Å². The van der Waals surface area contributed by atoms with Crippen molar-refractivity contribution in [1.29, 1.82) is 0 Å². The highest BCUT2D eigenvalue weighted by molar-refractivity contribution is 5.78. The number of benzene rings is 1. The number of hydrogen-bond acceptors (Lipinski definition) is 5. The average Bonchev–Trinajstić information content (AvgIpc) is 2.69. The van der Waals surface area contributed by atoms with Crippen LogP contribution in [0.3, 0.4) is 0 Å². The van der Waals surface area contributed by atoms with Gasteiger partial charge in [0.1, 0.15) is 12.4 Å². The first kappa shape index (κ1) is 26.1. The maximum atomic E-state index is 9.63. The smallest absolute Gasteiger partial charge is 0.327 e. The molecule has 28 heavy (non-hydrogen) atoms. The molecule has 6 nitrogen and oxygen atoms in total. The Kier molecular flexibility index (Phi) is 17.2. The van der Waals surface area contributed by atoms with Crippen molar-refractivity contribution in [2.45, 2.75) is 64.6 Å². The van der Waals surface area contributed by atoms with E-state index in [0.717, 1.165) is 12.5 Å². The van der Waals surface area contributed by atoms with Gasteiger partial charge in [0.25, 0.3) is 0 Å². The van der Waals surface area contributed by atoms with Crippen molar-refractivity contribution in [3.8, 4) is 5.75 Å². The number of aryl methyl sites for hydroxylation is 1. The SMILES string of the molecule is C=CC(=O)O.CCCCCCCCCc1ccc(OC(O)COCCO)cc1. The second kappa shape index (κ2) is 18.5. The highest BCUT2D eigenvalue weighted by Gasteiger charge is 2.06. The van der Waals surface area contributed by atoms with Gasteiger partial charge in [-0.2, -0.15) is 0 Å². The molecule has 0 aliphatic heterocycles.